The van der Waals surface area contributed by atoms with Crippen LogP contribution in [-0.4, -0.2) is 55.9 Å². The monoisotopic (exact) mass is 406 g/mol. The summed E-state index contributed by atoms with van der Waals surface area (Å²) in [4.78, 5) is 14.8. The summed E-state index contributed by atoms with van der Waals surface area (Å²) in [5.41, 5.74) is 5.87. The van der Waals surface area contributed by atoms with Gasteiger partial charge in [-0.3, -0.25) is 4.90 Å². The van der Waals surface area contributed by atoms with Gasteiger partial charge in [0.2, 0.25) is 0 Å². The first-order chi connectivity index (χ1) is 13.3. The molecule has 0 spiro atoms. The van der Waals surface area contributed by atoms with Crippen LogP contribution in [0, 0.1) is 0 Å². The Morgan fingerprint density at radius 2 is 1.54 bits per heavy atom. The first-order valence-corrected chi connectivity index (χ1v) is 11.8. The summed E-state index contributed by atoms with van der Waals surface area (Å²) in [6, 6.07) is 2.03. The van der Waals surface area contributed by atoms with Crippen LogP contribution in [0.15, 0.2) is 6.07 Å². The summed E-state index contributed by atoms with van der Waals surface area (Å²) in [6.07, 6.45) is 6.15. The van der Waals surface area contributed by atoms with E-state index in [0.29, 0.717) is 32.2 Å². The number of urea groups is 1. The number of amides is 2. The third kappa shape index (κ3) is 3.77. The first kappa shape index (κ1) is 19.7. The largest absolute Gasteiger partial charge is 0.333 e. The molecule has 0 unspecified atom stereocenters. The minimum atomic E-state index is -3.84. The molecule has 0 saturated carbocycles. The molecule has 0 atom stereocenters. The van der Waals surface area contributed by atoms with Crippen molar-refractivity contribution >= 4 is 21.9 Å². The number of benzene rings is 1. The zero-order valence-corrected chi connectivity index (χ0v) is 17.6. The number of carbonyl (C=O) groups is 1. The van der Waals surface area contributed by atoms with Gasteiger partial charge in [-0.25, -0.2) is 9.52 Å². The molecular formula is C20H30N4O3S. The second-order valence-electron chi connectivity index (χ2n) is 8.32. The Morgan fingerprint density at radius 3 is 2.07 bits per heavy atom. The Labute approximate surface area is 167 Å². The van der Waals surface area contributed by atoms with E-state index in [1.54, 1.807) is 0 Å². The maximum Gasteiger partial charge on any atom is 0.333 e. The molecule has 1 aromatic carbocycles. The number of piperazine rings is 1. The molecule has 4 rings (SSSR count). The number of hydrogen-bond acceptors (Lipinski definition) is 4. The van der Waals surface area contributed by atoms with Gasteiger partial charge in [0.25, 0.3) is 0 Å². The fourth-order valence-electron chi connectivity index (χ4n) is 4.75. The summed E-state index contributed by atoms with van der Waals surface area (Å²) in [6.45, 7) is 6.37. The molecule has 2 amide bonds. The van der Waals surface area contributed by atoms with E-state index in [4.69, 9.17) is 0 Å². The van der Waals surface area contributed by atoms with Gasteiger partial charge in [0.05, 0.1) is 0 Å². The Balaban J connectivity index is 1.46. The van der Waals surface area contributed by atoms with Gasteiger partial charge in [0.15, 0.2) is 0 Å². The number of nitrogens with zero attached hydrogens (tertiary/aromatic N) is 2. The zero-order chi connectivity index (χ0) is 19.9. The van der Waals surface area contributed by atoms with E-state index in [1.807, 2.05) is 0 Å². The summed E-state index contributed by atoms with van der Waals surface area (Å²) in [5, 5.41) is 2.90. The molecule has 1 fully saturated rings. The Hall–Kier alpha value is -1.64. The van der Waals surface area contributed by atoms with Crippen molar-refractivity contribution in [3.05, 3.63) is 28.3 Å². The standard InChI is InChI=1S/C20H30N4O3S/c1-14(2)23-9-11-24(12-10-23)28(26,27)22-20(25)21-19-17-7-3-5-15(17)13-16-6-4-8-18(16)19/h13-14H,3-12H2,1-2H3,(H2,21,22,25). The third-order valence-corrected chi connectivity index (χ3v) is 7.77. The number of carbonyl (C=O) groups excluding carboxylic acids is 1. The summed E-state index contributed by atoms with van der Waals surface area (Å²) in [7, 11) is -3.84. The molecule has 154 valence electrons. The number of nitrogens with one attached hydrogen (secondary N) is 2. The van der Waals surface area contributed by atoms with Crippen LogP contribution >= 0.6 is 0 Å². The SMILES string of the molecule is CC(C)N1CCN(S(=O)(=O)NC(=O)Nc2c3c(cc4c2CCC4)CCC3)CC1. The number of hydrogen-bond donors (Lipinski definition) is 2. The van der Waals surface area contributed by atoms with Crippen LogP contribution in [0.2, 0.25) is 0 Å². The zero-order valence-electron chi connectivity index (χ0n) is 16.8. The van der Waals surface area contributed by atoms with Gasteiger partial charge in [0, 0.05) is 37.9 Å². The lowest BCUT2D eigenvalue weighted by molar-refractivity contribution is 0.153. The molecule has 2 N–H and O–H groups in total. The summed E-state index contributed by atoms with van der Waals surface area (Å²) >= 11 is 0. The average Bonchev–Trinajstić information content (AvgIpc) is 3.30. The minimum Gasteiger partial charge on any atom is -0.307 e. The minimum absolute atomic E-state index is 0.392. The highest BCUT2D eigenvalue weighted by molar-refractivity contribution is 7.87. The van der Waals surface area contributed by atoms with Gasteiger partial charge in [0.1, 0.15) is 0 Å². The number of fused-ring (bicyclic) bond motifs is 2. The second kappa shape index (κ2) is 7.65. The second-order valence-corrected chi connectivity index (χ2v) is 9.99. The maximum atomic E-state index is 12.7. The predicted molar refractivity (Wildman–Crippen MR) is 110 cm³/mol. The molecular weight excluding hydrogens is 376 g/mol. The van der Waals surface area contributed by atoms with E-state index in [9.17, 15) is 13.2 Å². The Bertz CT molecular complexity index is 842. The molecule has 1 heterocycles. The van der Waals surface area contributed by atoms with Crippen molar-refractivity contribution in [2.24, 2.45) is 0 Å². The molecule has 2 aliphatic carbocycles. The maximum absolute atomic E-state index is 12.7. The van der Waals surface area contributed by atoms with E-state index in [0.717, 1.165) is 44.2 Å². The van der Waals surface area contributed by atoms with E-state index >= 15 is 0 Å². The van der Waals surface area contributed by atoms with E-state index in [1.165, 1.54) is 26.6 Å². The van der Waals surface area contributed by atoms with Crippen LogP contribution in [0.3, 0.4) is 0 Å². The lowest BCUT2D eigenvalue weighted by Crippen LogP contribution is -2.54. The van der Waals surface area contributed by atoms with Crippen molar-refractivity contribution in [2.45, 2.75) is 58.4 Å². The van der Waals surface area contributed by atoms with E-state index < -0.39 is 16.2 Å². The molecule has 28 heavy (non-hydrogen) atoms. The van der Waals surface area contributed by atoms with E-state index in [2.05, 4.69) is 34.9 Å². The highest BCUT2D eigenvalue weighted by Crippen LogP contribution is 2.38. The molecule has 7 nitrogen and oxygen atoms in total. The molecule has 3 aliphatic rings. The van der Waals surface area contributed by atoms with Crippen molar-refractivity contribution in [3.8, 4) is 0 Å². The van der Waals surface area contributed by atoms with Crippen LogP contribution in [0.5, 0.6) is 0 Å². The van der Waals surface area contributed by atoms with Gasteiger partial charge in [-0.05, 0) is 74.6 Å². The van der Waals surface area contributed by atoms with Crippen LogP contribution in [0.4, 0.5) is 10.5 Å². The molecule has 8 heteroatoms. The average molecular weight is 407 g/mol. The van der Waals surface area contributed by atoms with Crippen LogP contribution in [0.25, 0.3) is 0 Å². The van der Waals surface area contributed by atoms with Gasteiger partial charge < -0.3 is 5.32 Å². The smallest absolute Gasteiger partial charge is 0.307 e. The molecule has 1 aliphatic heterocycles. The lowest BCUT2D eigenvalue weighted by atomic mass is 9.99. The first-order valence-electron chi connectivity index (χ1n) is 10.3. The number of aryl methyl sites for hydroxylation is 2. The number of anilines is 1. The van der Waals surface area contributed by atoms with Crippen molar-refractivity contribution in [3.63, 3.8) is 0 Å². The fourth-order valence-corrected chi connectivity index (χ4v) is 5.81. The molecule has 1 saturated heterocycles. The highest BCUT2D eigenvalue weighted by Gasteiger charge is 2.30. The Morgan fingerprint density at radius 1 is 0.964 bits per heavy atom. The van der Waals surface area contributed by atoms with Crippen LogP contribution in [0.1, 0.15) is 48.9 Å². The molecule has 0 aromatic heterocycles. The lowest BCUT2D eigenvalue weighted by Gasteiger charge is -2.35. The van der Waals surface area contributed by atoms with Crippen molar-refractivity contribution < 1.29 is 13.2 Å². The predicted octanol–water partition coefficient (Wildman–Crippen LogP) is 2.06. The topological polar surface area (TPSA) is 81.8 Å². The fraction of sp³-hybridized carbons (Fsp3) is 0.650. The Kier molecular flexibility index (Phi) is 5.37. The summed E-state index contributed by atoms with van der Waals surface area (Å²) in [5.74, 6) is 0. The number of rotatable bonds is 4. The van der Waals surface area contributed by atoms with Gasteiger partial charge in [-0.2, -0.15) is 12.7 Å². The normalized spacial score (nSPS) is 20.2. The molecule has 0 bridgehead atoms. The van der Waals surface area contributed by atoms with Gasteiger partial charge in [-0.1, -0.05) is 6.07 Å². The molecule has 0 radical (unpaired) electrons. The highest BCUT2D eigenvalue weighted by atomic mass is 32.2. The van der Waals surface area contributed by atoms with Gasteiger partial charge >= 0.3 is 16.2 Å². The van der Waals surface area contributed by atoms with Gasteiger partial charge in [-0.15, -0.1) is 0 Å². The third-order valence-electron chi connectivity index (χ3n) is 6.28. The van der Waals surface area contributed by atoms with Crippen molar-refractivity contribution in [2.75, 3.05) is 31.5 Å². The quantitative estimate of drug-likeness (QED) is 0.802. The van der Waals surface area contributed by atoms with E-state index in [-0.39, 0.29) is 0 Å². The summed E-state index contributed by atoms with van der Waals surface area (Å²) < 4.78 is 28.9. The van der Waals surface area contributed by atoms with Crippen molar-refractivity contribution in [1.29, 1.82) is 0 Å². The van der Waals surface area contributed by atoms with Crippen LogP contribution in [-0.2, 0) is 35.9 Å². The molecule has 1 aromatic rings. The van der Waals surface area contributed by atoms with Crippen molar-refractivity contribution in [1.82, 2.24) is 13.9 Å². The van der Waals surface area contributed by atoms with Crippen LogP contribution < -0.4 is 10.0 Å².